The number of halogens is 2. The van der Waals surface area contributed by atoms with Crippen LogP contribution in [0.5, 0.6) is 5.75 Å². The van der Waals surface area contributed by atoms with Gasteiger partial charge in [-0.25, -0.2) is 4.39 Å². The van der Waals surface area contributed by atoms with Crippen LogP contribution in [0.3, 0.4) is 0 Å². The molecular weight excluding hydrogens is 482 g/mol. The van der Waals surface area contributed by atoms with E-state index in [1.807, 2.05) is 30.3 Å². The number of hydrogen-bond donors (Lipinski definition) is 1. The van der Waals surface area contributed by atoms with Crippen molar-refractivity contribution < 1.29 is 9.13 Å². The van der Waals surface area contributed by atoms with E-state index in [1.54, 1.807) is 20.2 Å². The van der Waals surface area contributed by atoms with Gasteiger partial charge in [-0.2, -0.15) is 0 Å². The van der Waals surface area contributed by atoms with E-state index in [2.05, 4.69) is 33.1 Å². The smallest absolute Gasteiger partial charge is 0.193 e. The van der Waals surface area contributed by atoms with Crippen molar-refractivity contribution in [3.63, 3.8) is 0 Å². The van der Waals surface area contributed by atoms with Gasteiger partial charge in [0.25, 0.3) is 0 Å². The maximum absolute atomic E-state index is 14.0. The molecule has 158 valence electrons. The van der Waals surface area contributed by atoms with Crippen LogP contribution in [0.15, 0.2) is 53.5 Å². The van der Waals surface area contributed by atoms with Crippen LogP contribution in [-0.4, -0.2) is 57.7 Å². The van der Waals surface area contributed by atoms with E-state index in [9.17, 15) is 4.39 Å². The average molecular weight is 512 g/mol. The fourth-order valence-electron chi connectivity index (χ4n) is 3.63. The first kappa shape index (κ1) is 23.3. The summed E-state index contributed by atoms with van der Waals surface area (Å²) in [6, 6.07) is 15.1. The second-order valence-electron chi connectivity index (χ2n) is 7.00. The molecular formula is C22H30FIN4O. The molecule has 1 N–H and O–H groups in total. The minimum atomic E-state index is -0.163. The van der Waals surface area contributed by atoms with E-state index in [0.717, 1.165) is 44.4 Å². The van der Waals surface area contributed by atoms with Gasteiger partial charge < -0.3 is 19.9 Å². The summed E-state index contributed by atoms with van der Waals surface area (Å²) in [5, 5.41) is 3.48. The normalized spacial score (nSPS) is 15.5. The summed E-state index contributed by atoms with van der Waals surface area (Å²) in [5.74, 6) is 1.91. The molecule has 1 heterocycles. The molecule has 1 saturated heterocycles. The van der Waals surface area contributed by atoms with Gasteiger partial charge in [-0.3, -0.25) is 4.99 Å². The Morgan fingerprint density at radius 2 is 1.76 bits per heavy atom. The molecule has 1 atom stereocenters. The van der Waals surface area contributed by atoms with Gasteiger partial charge >= 0.3 is 0 Å². The first-order valence-corrected chi connectivity index (χ1v) is 9.72. The van der Waals surface area contributed by atoms with E-state index < -0.39 is 0 Å². The Balaban J connectivity index is 0.00000300. The summed E-state index contributed by atoms with van der Waals surface area (Å²) >= 11 is 0. The number of methoxy groups -OCH3 is 1. The number of para-hydroxylation sites is 2. The highest BCUT2D eigenvalue weighted by Gasteiger charge is 2.22. The van der Waals surface area contributed by atoms with Gasteiger partial charge in [0.15, 0.2) is 5.96 Å². The number of nitrogens with zero attached hydrogens (tertiary/aromatic N) is 3. The molecule has 0 saturated carbocycles. The zero-order valence-electron chi connectivity index (χ0n) is 17.3. The summed E-state index contributed by atoms with van der Waals surface area (Å²) in [6.07, 6.45) is 0. The molecule has 0 aliphatic carbocycles. The van der Waals surface area contributed by atoms with Gasteiger partial charge in [-0.1, -0.05) is 37.3 Å². The van der Waals surface area contributed by atoms with Gasteiger partial charge in [-0.15, -0.1) is 24.0 Å². The SMILES string of the molecule is CN=C(NCC(C)c1ccccc1OC)N1CCN(c2ccccc2F)CC1.I. The molecule has 0 bridgehead atoms. The summed E-state index contributed by atoms with van der Waals surface area (Å²) in [7, 11) is 3.51. The summed E-state index contributed by atoms with van der Waals surface area (Å²) in [4.78, 5) is 8.77. The number of aliphatic imine (C=N–C) groups is 1. The molecule has 7 heteroatoms. The van der Waals surface area contributed by atoms with Crippen LogP contribution in [-0.2, 0) is 0 Å². The Labute approximate surface area is 190 Å². The van der Waals surface area contributed by atoms with Crippen molar-refractivity contribution in [3.05, 3.63) is 59.9 Å². The van der Waals surface area contributed by atoms with Gasteiger partial charge in [-0.05, 0) is 23.8 Å². The summed E-state index contributed by atoms with van der Waals surface area (Å²) in [6.45, 7) is 6.08. The molecule has 0 spiro atoms. The number of nitrogens with one attached hydrogen (secondary N) is 1. The molecule has 1 fully saturated rings. The minimum Gasteiger partial charge on any atom is -0.496 e. The lowest BCUT2D eigenvalue weighted by molar-refractivity contribution is 0.369. The maximum atomic E-state index is 14.0. The van der Waals surface area contributed by atoms with Gasteiger partial charge in [0.2, 0.25) is 0 Å². The molecule has 0 aromatic heterocycles. The average Bonchev–Trinajstić information content (AvgIpc) is 2.75. The third kappa shape index (κ3) is 5.74. The Morgan fingerprint density at radius 3 is 2.41 bits per heavy atom. The van der Waals surface area contributed by atoms with Crippen molar-refractivity contribution in [2.24, 2.45) is 4.99 Å². The highest BCUT2D eigenvalue weighted by molar-refractivity contribution is 14.0. The maximum Gasteiger partial charge on any atom is 0.193 e. The molecule has 1 aliphatic heterocycles. The van der Waals surface area contributed by atoms with Gasteiger partial charge in [0.05, 0.1) is 12.8 Å². The number of hydrogen-bond acceptors (Lipinski definition) is 3. The zero-order chi connectivity index (χ0) is 19.9. The van der Waals surface area contributed by atoms with Crippen molar-refractivity contribution in [2.75, 3.05) is 51.8 Å². The molecule has 2 aromatic carbocycles. The first-order valence-electron chi connectivity index (χ1n) is 9.72. The van der Waals surface area contributed by atoms with Crippen molar-refractivity contribution in [2.45, 2.75) is 12.8 Å². The summed E-state index contributed by atoms with van der Waals surface area (Å²) < 4.78 is 19.5. The van der Waals surface area contributed by atoms with Crippen molar-refractivity contribution >= 4 is 35.6 Å². The minimum absolute atomic E-state index is 0. The Hall–Kier alpha value is -2.03. The van der Waals surface area contributed by atoms with E-state index in [0.29, 0.717) is 5.69 Å². The number of benzene rings is 2. The zero-order valence-corrected chi connectivity index (χ0v) is 19.6. The number of ether oxygens (including phenoxy) is 1. The topological polar surface area (TPSA) is 40.1 Å². The molecule has 0 radical (unpaired) electrons. The Bertz CT molecular complexity index is 809. The fraction of sp³-hybridized carbons (Fsp3) is 0.409. The second-order valence-corrected chi connectivity index (χ2v) is 7.00. The van der Waals surface area contributed by atoms with Crippen LogP contribution in [0.25, 0.3) is 0 Å². The fourth-order valence-corrected chi connectivity index (χ4v) is 3.63. The van der Waals surface area contributed by atoms with Crippen molar-refractivity contribution in [1.29, 1.82) is 0 Å². The van der Waals surface area contributed by atoms with Crippen LogP contribution in [0.1, 0.15) is 18.4 Å². The third-order valence-corrected chi connectivity index (χ3v) is 5.22. The number of piperazine rings is 1. The molecule has 1 unspecified atom stereocenters. The molecule has 0 amide bonds. The van der Waals surface area contributed by atoms with E-state index in [-0.39, 0.29) is 35.7 Å². The van der Waals surface area contributed by atoms with Crippen molar-refractivity contribution in [3.8, 4) is 5.75 Å². The monoisotopic (exact) mass is 512 g/mol. The lowest BCUT2D eigenvalue weighted by Crippen LogP contribution is -2.53. The van der Waals surface area contributed by atoms with E-state index in [4.69, 9.17) is 4.74 Å². The third-order valence-electron chi connectivity index (χ3n) is 5.22. The second kappa shape index (κ2) is 11.2. The molecule has 3 rings (SSSR count). The molecule has 29 heavy (non-hydrogen) atoms. The van der Waals surface area contributed by atoms with Crippen LogP contribution in [0, 0.1) is 5.82 Å². The van der Waals surface area contributed by atoms with Gasteiger partial charge in [0.1, 0.15) is 11.6 Å². The Kier molecular flexibility index (Phi) is 9.00. The largest absolute Gasteiger partial charge is 0.496 e. The quantitative estimate of drug-likeness (QED) is 0.374. The van der Waals surface area contributed by atoms with E-state index in [1.165, 1.54) is 11.6 Å². The Morgan fingerprint density at radius 1 is 1.10 bits per heavy atom. The lowest BCUT2D eigenvalue weighted by Gasteiger charge is -2.38. The highest BCUT2D eigenvalue weighted by Crippen LogP contribution is 2.25. The number of guanidine groups is 1. The van der Waals surface area contributed by atoms with Crippen molar-refractivity contribution in [1.82, 2.24) is 10.2 Å². The standard InChI is InChI=1S/C22H29FN4O.HI/c1-17(18-8-4-7-11-21(18)28-3)16-25-22(24-2)27-14-12-26(13-15-27)20-10-6-5-9-19(20)23;/h4-11,17H,12-16H2,1-3H3,(H,24,25);1H. The predicted octanol–water partition coefficient (Wildman–Crippen LogP) is 3.95. The number of anilines is 1. The molecule has 5 nitrogen and oxygen atoms in total. The van der Waals surface area contributed by atoms with Crippen LogP contribution in [0.4, 0.5) is 10.1 Å². The van der Waals surface area contributed by atoms with Gasteiger partial charge in [0, 0.05) is 45.7 Å². The predicted molar refractivity (Wildman–Crippen MR) is 128 cm³/mol. The lowest BCUT2D eigenvalue weighted by atomic mass is 10.0. The first-order chi connectivity index (χ1) is 13.6. The van der Waals surface area contributed by atoms with Crippen LogP contribution >= 0.6 is 24.0 Å². The summed E-state index contributed by atoms with van der Waals surface area (Å²) in [5.41, 5.74) is 1.85. The van der Waals surface area contributed by atoms with Crippen LogP contribution < -0.4 is 15.0 Å². The molecule has 2 aromatic rings. The highest BCUT2D eigenvalue weighted by atomic mass is 127. The number of rotatable bonds is 5. The van der Waals surface area contributed by atoms with E-state index >= 15 is 0 Å². The van der Waals surface area contributed by atoms with Crippen LogP contribution in [0.2, 0.25) is 0 Å². The molecule has 1 aliphatic rings.